The molecule has 1 amide bonds. The van der Waals surface area contributed by atoms with Gasteiger partial charge >= 0.3 is 11.9 Å². The van der Waals surface area contributed by atoms with Gasteiger partial charge in [0, 0.05) is 17.9 Å². The molecule has 2 fully saturated rings. The molecule has 6 atom stereocenters. The molecule has 234 valence electrons. The van der Waals surface area contributed by atoms with Crippen molar-refractivity contribution in [3.8, 4) is 11.6 Å². The first-order valence-electron chi connectivity index (χ1n) is 15.6. The highest BCUT2D eigenvalue weighted by atomic mass is 16.6. The Kier molecular flexibility index (Phi) is 8.60. The summed E-state index contributed by atoms with van der Waals surface area (Å²) in [5.41, 5.74) is 1.01. The number of aliphatic carboxylic acids is 1. The van der Waals surface area contributed by atoms with E-state index in [4.69, 9.17) is 24.2 Å². The molecule has 2 unspecified atom stereocenters. The SMILES string of the molecule is CCC12CC1CCCCCc1nc3ccc(OC)cc3nc1O[C@H]1CN(C(=O)[C@H](C(C)(C)C)CC(=O)O2)[C@H](C(=O)O)[C@@H]1C. The molecule has 5 rings (SSSR count). The summed E-state index contributed by atoms with van der Waals surface area (Å²) in [5.74, 6) is -1.82. The minimum absolute atomic E-state index is 0.0663. The molecule has 2 aliphatic heterocycles. The third-order valence-corrected chi connectivity index (χ3v) is 9.77. The highest BCUT2D eigenvalue weighted by Gasteiger charge is 2.56. The molecule has 1 saturated carbocycles. The summed E-state index contributed by atoms with van der Waals surface area (Å²) in [5, 5.41) is 10.3. The lowest BCUT2D eigenvalue weighted by atomic mass is 9.77. The van der Waals surface area contributed by atoms with E-state index in [9.17, 15) is 19.5 Å². The van der Waals surface area contributed by atoms with Crippen LogP contribution < -0.4 is 9.47 Å². The van der Waals surface area contributed by atoms with Gasteiger partial charge in [-0.2, -0.15) is 0 Å². The van der Waals surface area contributed by atoms with Gasteiger partial charge in [0.05, 0.1) is 37.0 Å². The number of carbonyl (C=O) groups is 3. The summed E-state index contributed by atoms with van der Waals surface area (Å²) >= 11 is 0. The van der Waals surface area contributed by atoms with E-state index in [1.807, 2.05) is 39.8 Å². The maximum atomic E-state index is 14.1. The average molecular weight is 596 g/mol. The summed E-state index contributed by atoms with van der Waals surface area (Å²) in [6.07, 6.45) is 5.37. The highest BCUT2D eigenvalue weighted by molar-refractivity contribution is 5.89. The van der Waals surface area contributed by atoms with Crippen molar-refractivity contribution in [2.45, 2.75) is 104 Å². The Morgan fingerprint density at radius 2 is 1.93 bits per heavy atom. The Bertz CT molecular complexity index is 1390. The van der Waals surface area contributed by atoms with Crippen LogP contribution in [-0.4, -0.2) is 69.2 Å². The summed E-state index contributed by atoms with van der Waals surface area (Å²) in [7, 11) is 1.59. The predicted octanol–water partition coefficient (Wildman–Crippen LogP) is 5.20. The van der Waals surface area contributed by atoms with Crippen molar-refractivity contribution in [2.75, 3.05) is 13.7 Å². The molecule has 3 heterocycles. The second-order valence-electron chi connectivity index (χ2n) is 13.6. The molecule has 10 heteroatoms. The van der Waals surface area contributed by atoms with Crippen LogP contribution in [0.1, 0.15) is 85.3 Å². The molecule has 1 N–H and O–H groups in total. The largest absolute Gasteiger partial charge is 0.497 e. The van der Waals surface area contributed by atoms with Crippen LogP contribution in [0.4, 0.5) is 0 Å². The molecule has 0 radical (unpaired) electrons. The standard InChI is InChI=1S/C33H45N3O7/c1-7-33-17-20(33)11-9-8-10-12-24-29(35-25-15-21(41-6)13-14-23(25)34-24)42-26-18-36(28(19(26)2)31(39)40)30(38)22(32(3,4)5)16-27(37)43-33/h13-15,19-20,22,26,28H,7-12,16-18H2,1-6H3,(H,39,40)/t19-,20?,22-,26+,28+,33?/m1/s1. The minimum atomic E-state index is -1.10. The van der Waals surface area contributed by atoms with Crippen LogP contribution in [0.15, 0.2) is 18.2 Å². The number of rotatable bonds is 3. The van der Waals surface area contributed by atoms with E-state index in [2.05, 4.69) is 0 Å². The van der Waals surface area contributed by atoms with Crippen LogP contribution in [0.25, 0.3) is 11.0 Å². The maximum Gasteiger partial charge on any atom is 0.326 e. The van der Waals surface area contributed by atoms with E-state index in [0.717, 1.165) is 49.7 Å². The van der Waals surface area contributed by atoms with Crippen LogP contribution in [-0.2, 0) is 25.5 Å². The lowest BCUT2D eigenvalue weighted by Crippen LogP contribution is -2.48. The number of carboxylic acid groups (broad SMARTS) is 1. The predicted molar refractivity (Wildman–Crippen MR) is 160 cm³/mol. The normalized spacial score (nSPS) is 30.4. The van der Waals surface area contributed by atoms with Crippen molar-refractivity contribution in [3.05, 3.63) is 23.9 Å². The summed E-state index contributed by atoms with van der Waals surface area (Å²) in [4.78, 5) is 51.1. The number of carboxylic acids is 1. The van der Waals surface area contributed by atoms with Crippen LogP contribution in [0.2, 0.25) is 0 Å². The number of hydrogen-bond donors (Lipinski definition) is 1. The van der Waals surface area contributed by atoms with Gasteiger partial charge in [0.2, 0.25) is 11.8 Å². The molecule has 10 nitrogen and oxygen atoms in total. The fraction of sp³-hybridized carbons (Fsp3) is 0.667. The van der Waals surface area contributed by atoms with Gasteiger partial charge < -0.3 is 24.2 Å². The molecular weight excluding hydrogens is 550 g/mol. The number of aromatic nitrogens is 2. The van der Waals surface area contributed by atoms with Crippen LogP contribution in [0.5, 0.6) is 11.6 Å². The van der Waals surface area contributed by atoms with Crippen molar-refractivity contribution >= 4 is 28.9 Å². The number of methoxy groups -OCH3 is 1. The molecule has 2 bridgehead atoms. The lowest BCUT2D eigenvalue weighted by molar-refractivity contribution is -0.160. The van der Waals surface area contributed by atoms with E-state index in [-0.39, 0.29) is 18.9 Å². The fourth-order valence-electron chi connectivity index (χ4n) is 6.89. The van der Waals surface area contributed by atoms with E-state index < -0.39 is 46.9 Å². The van der Waals surface area contributed by atoms with E-state index in [1.54, 1.807) is 20.1 Å². The van der Waals surface area contributed by atoms with Gasteiger partial charge in [0.15, 0.2) is 0 Å². The molecule has 1 aliphatic carbocycles. The highest BCUT2D eigenvalue weighted by Crippen LogP contribution is 2.53. The molecule has 2 aromatic rings. The van der Waals surface area contributed by atoms with Crippen molar-refractivity contribution in [1.29, 1.82) is 0 Å². The number of benzene rings is 1. The average Bonchev–Trinajstić information content (AvgIpc) is 3.53. The Morgan fingerprint density at radius 3 is 2.60 bits per heavy atom. The van der Waals surface area contributed by atoms with Gasteiger partial charge in [-0.05, 0) is 49.7 Å². The van der Waals surface area contributed by atoms with Gasteiger partial charge in [0.1, 0.15) is 29.2 Å². The monoisotopic (exact) mass is 595 g/mol. The first-order valence-corrected chi connectivity index (χ1v) is 15.6. The Hall–Kier alpha value is -3.43. The fourth-order valence-corrected chi connectivity index (χ4v) is 6.89. The van der Waals surface area contributed by atoms with Crippen LogP contribution in [0.3, 0.4) is 0 Å². The quantitative estimate of drug-likeness (QED) is 0.476. The molecule has 1 saturated heterocycles. The first kappa shape index (κ1) is 31.0. The topological polar surface area (TPSA) is 128 Å². The maximum absolute atomic E-state index is 14.1. The zero-order valence-electron chi connectivity index (χ0n) is 26.2. The minimum Gasteiger partial charge on any atom is -0.497 e. The number of nitrogens with zero attached hydrogens (tertiary/aromatic N) is 3. The lowest BCUT2D eigenvalue weighted by Gasteiger charge is -2.34. The van der Waals surface area contributed by atoms with Gasteiger partial charge in [-0.25, -0.2) is 14.8 Å². The number of esters is 1. The summed E-state index contributed by atoms with van der Waals surface area (Å²) < 4.78 is 18.0. The Balaban J connectivity index is 1.53. The molecular formula is C33H45N3O7. The number of hydrogen-bond acceptors (Lipinski definition) is 8. The van der Waals surface area contributed by atoms with Gasteiger partial charge in [-0.3, -0.25) is 9.59 Å². The van der Waals surface area contributed by atoms with Crippen molar-refractivity contribution in [2.24, 2.45) is 23.2 Å². The molecule has 1 aromatic heterocycles. The Labute approximate surface area is 253 Å². The number of ether oxygens (including phenoxy) is 3. The second-order valence-corrected chi connectivity index (χ2v) is 13.6. The van der Waals surface area contributed by atoms with Gasteiger partial charge in [0.25, 0.3) is 0 Å². The number of amides is 1. The van der Waals surface area contributed by atoms with E-state index in [0.29, 0.717) is 29.5 Å². The Morgan fingerprint density at radius 1 is 1.16 bits per heavy atom. The van der Waals surface area contributed by atoms with Gasteiger partial charge in [-0.1, -0.05) is 47.5 Å². The van der Waals surface area contributed by atoms with E-state index in [1.165, 1.54) is 4.90 Å². The number of aryl methyl sites for hydroxylation is 1. The summed E-state index contributed by atoms with van der Waals surface area (Å²) in [6.45, 7) is 9.60. The molecule has 1 aromatic carbocycles. The number of fused-ring (bicyclic) bond motifs is 5. The zero-order valence-corrected chi connectivity index (χ0v) is 26.2. The molecule has 3 aliphatic rings. The zero-order chi connectivity index (χ0) is 31.1. The van der Waals surface area contributed by atoms with Crippen LogP contribution >= 0.6 is 0 Å². The first-order chi connectivity index (χ1) is 20.4. The second kappa shape index (κ2) is 11.9. The van der Waals surface area contributed by atoms with E-state index >= 15 is 0 Å². The van der Waals surface area contributed by atoms with Crippen molar-refractivity contribution in [1.82, 2.24) is 14.9 Å². The number of carbonyl (C=O) groups excluding carboxylic acids is 2. The van der Waals surface area contributed by atoms with Gasteiger partial charge in [-0.15, -0.1) is 0 Å². The summed E-state index contributed by atoms with van der Waals surface area (Å²) in [6, 6.07) is 4.41. The van der Waals surface area contributed by atoms with Crippen LogP contribution in [0, 0.1) is 23.2 Å². The third kappa shape index (κ3) is 6.29. The van der Waals surface area contributed by atoms with Crippen molar-refractivity contribution in [3.63, 3.8) is 0 Å². The molecule has 0 spiro atoms. The third-order valence-electron chi connectivity index (χ3n) is 9.77. The van der Waals surface area contributed by atoms with Crippen molar-refractivity contribution < 1.29 is 33.7 Å². The smallest absolute Gasteiger partial charge is 0.326 e. The molecule has 43 heavy (non-hydrogen) atoms.